The van der Waals surface area contributed by atoms with E-state index in [0.717, 1.165) is 0 Å². The summed E-state index contributed by atoms with van der Waals surface area (Å²) in [6, 6.07) is 1.81. The predicted octanol–water partition coefficient (Wildman–Crippen LogP) is -1.65. The number of nitrogens with one attached hydrogen (secondary N) is 2. The molecule has 1 aliphatic rings. The molecule has 0 aromatic rings. The van der Waals surface area contributed by atoms with Crippen molar-refractivity contribution in [3.05, 3.63) is 0 Å². The highest BCUT2D eigenvalue weighted by atomic mass is 16.3. The van der Waals surface area contributed by atoms with Crippen molar-refractivity contribution in [2.24, 2.45) is 5.92 Å². The van der Waals surface area contributed by atoms with E-state index in [-0.39, 0.29) is 24.5 Å². The van der Waals surface area contributed by atoms with E-state index in [9.17, 15) is 4.79 Å². The molecule has 0 bridgehead atoms. The third-order valence-corrected chi connectivity index (χ3v) is 2.62. The molecule has 3 atom stereocenters. The normalized spacial score (nSPS) is 26.1. The van der Waals surface area contributed by atoms with Gasteiger partial charge in [0.2, 0.25) is 5.91 Å². The second-order valence-corrected chi connectivity index (χ2v) is 3.94. The number of amides is 1. The standard InChI is InChI=1S/C10H17N3O3/c11-4-7-3-9(13-5-7)10(16)12-2-1-8(15)6-14/h7-9,13-15H,1-3,5-6H2,(H,12,16)/t7?,8-,9?/m0/s1. The van der Waals surface area contributed by atoms with Crippen molar-refractivity contribution in [2.45, 2.75) is 25.0 Å². The molecule has 0 aromatic heterocycles. The lowest BCUT2D eigenvalue weighted by atomic mass is 10.1. The molecule has 4 N–H and O–H groups in total. The summed E-state index contributed by atoms with van der Waals surface area (Å²) in [4.78, 5) is 11.5. The van der Waals surface area contributed by atoms with E-state index < -0.39 is 6.10 Å². The Kier molecular flexibility index (Phi) is 5.19. The molecule has 90 valence electrons. The number of hydrogen-bond donors (Lipinski definition) is 4. The zero-order chi connectivity index (χ0) is 12.0. The molecule has 16 heavy (non-hydrogen) atoms. The molecule has 0 aromatic carbocycles. The van der Waals surface area contributed by atoms with Gasteiger partial charge in [0.25, 0.3) is 0 Å². The predicted molar refractivity (Wildman–Crippen MR) is 56.2 cm³/mol. The molecule has 6 nitrogen and oxygen atoms in total. The number of nitrogens with zero attached hydrogens (tertiary/aromatic N) is 1. The van der Waals surface area contributed by atoms with Crippen LogP contribution >= 0.6 is 0 Å². The van der Waals surface area contributed by atoms with E-state index in [1.807, 2.05) is 0 Å². The van der Waals surface area contributed by atoms with Gasteiger partial charge in [0.15, 0.2) is 0 Å². The highest BCUT2D eigenvalue weighted by molar-refractivity contribution is 5.82. The second-order valence-electron chi connectivity index (χ2n) is 3.94. The minimum absolute atomic E-state index is 0.0983. The lowest BCUT2D eigenvalue weighted by Crippen LogP contribution is -2.41. The average Bonchev–Trinajstić information content (AvgIpc) is 2.77. The highest BCUT2D eigenvalue weighted by Crippen LogP contribution is 2.12. The van der Waals surface area contributed by atoms with Crippen molar-refractivity contribution in [1.29, 1.82) is 5.26 Å². The fourth-order valence-corrected chi connectivity index (χ4v) is 1.61. The Balaban J connectivity index is 2.19. The maximum absolute atomic E-state index is 11.5. The number of carbonyl (C=O) groups is 1. The molecule has 1 aliphatic heterocycles. The Bertz CT molecular complexity index is 277. The Hall–Kier alpha value is -1.16. The average molecular weight is 227 g/mol. The van der Waals surface area contributed by atoms with Crippen molar-refractivity contribution in [2.75, 3.05) is 19.7 Å². The molecule has 0 saturated carbocycles. The van der Waals surface area contributed by atoms with Gasteiger partial charge in [0.1, 0.15) is 0 Å². The van der Waals surface area contributed by atoms with E-state index in [1.54, 1.807) is 0 Å². The summed E-state index contributed by atoms with van der Waals surface area (Å²) in [5.41, 5.74) is 0. The van der Waals surface area contributed by atoms with Crippen LogP contribution in [0.25, 0.3) is 0 Å². The summed E-state index contributed by atoms with van der Waals surface area (Å²) in [7, 11) is 0. The Morgan fingerprint density at radius 3 is 3.00 bits per heavy atom. The number of rotatable bonds is 5. The molecule has 6 heteroatoms. The van der Waals surface area contributed by atoms with Crippen molar-refractivity contribution in [3.8, 4) is 6.07 Å². The third-order valence-electron chi connectivity index (χ3n) is 2.62. The van der Waals surface area contributed by atoms with E-state index in [0.29, 0.717) is 25.9 Å². The van der Waals surface area contributed by atoms with E-state index in [4.69, 9.17) is 15.5 Å². The molecule has 1 saturated heterocycles. The van der Waals surface area contributed by atoms with Crippen molar-refractivity contribution < 1.29 is 15.0 Å². The largest absolute Gasteiger partial charge is 0.394 e. The fraction of sp³-hybridized carbons (Fsp3) is 0.800. The molecule has 2 unspecified atom stereocenters. The Morgan fingerprint density at radius 1 is 1.69 bits per heavy atom. The minimum Gasteiger partial charge on any atom is -0.394 e. The molecule has 0 aliphatic carbocycles. The first-order valence-corrected chi connectivity index (χ1v) is 5.37. The molecule has 0 radical (unpaired) electrons. The highest BCUT2D eigenvalue weighted by Gasteiger charge is 2.28. The minimum atomic E-state index is -0.788. The second kappa shape index (κ2) is 6.43. The smallest absolute Gasteiger partial charge is 0.237 e. The molecule has 1 heterocycles. The fourth-order valence-electron chi connectivity index (χ4n) is 1.61. The summed E-state index contributed by atoms with van der Waals surface area (Å²) in [5, 5.41) is 31.9. The van der Waals surface area contributed by atoms with Gasteiger partial charge in [-0.15, -0.1) is 0 Å². The number of carbonyl (C=O) groups excluding carboxylic acids is 1. The summed E-state index contributed by atoms with van der Waals surface area (Å²) >= 11 is 0. The Labute approximate surface area is 94.3 Å². The van der Waals surface area contributed by atoms with Gasteiger partial charge in [-0.2, -0.15) is 5.26 Å². The molecule has 0 spiro atoms. The maximum Gasteiger partial charge on any atom is 0.237 e. The van der Waals surface area contributed by atoms with Crippen LogP contribution in [0.15, 0.2) is 0 Å². The van der Waals surface area contributed by atoms with Crippen molar-refractivity contribution in [3.63, 3.8) is 0 Å². The van der Waals surface area contributed by atoms with Gasteiger partial charge in [0.05, 0.1) is 30.7 Å². The zero-order valence-electron chi connectivity index (χ0n) is 9.02. The summed E-state index contributed by atoms with van der Waals surface area (Å²) < 4.78 is 0. The van der Waals surface area contributed by atoms with E-state index in [2.05, 4.69) is 16.7 Å². The van der Waals surface area contributed by atoms with Gasteiger partial charge in [0, 0.05) is 13.1 Å². The van der Waals surface area contributed by atoms with Crippen LogP contribution in [0.2, 0.25) is 0 Å². The summed E-state index contributed by atoms with van der Waals surface area (Å²) in [6.45, 7) is 0.581. The monoisotopic (exact) mass is 227 g/mol. The van der Waals surface area contributed by atoms with Crippen LogP contribution in [0.4, 0.5) is 0 Å². The van der Waals surface area contributed by atoms with Gasteiger partial charge in [-0.1, -0.05) is 0 Å². The molecule has 1 fully saturated rings. The van der Waals surface area contributed by atoms with Gasteiger partial charge in [-0.25, -0.2) is 0 Å². The van der Waals surface area contributed by atoms with Crippen LogP contribution < -0.4 is 10.6 Å². The summed E-state index contributed by atoms with van der Waals surface area (Å²) in [6.07, 6.45) is 0.0744. The first-order valence-electron chi connectivity index (χ1n) is 5.37. The first-order chi connectivity index (χ1) is 7.67. The van der Waals surface area contributed by atoms with Crippen LogP contribution in [0.5, 0.6) is 0 Å². The van der Waals surface area contributed by atoms with Gasteiger partial charge in [-0.3, -0.25) is 4.79 Å². The van der Waals surface area contributed by atoms with Crippen molar-refractivity contribution >= 4 is 5.91 Å². The lowest BCUT2D eigenvalue weighted by Gasteiger charge is -2.12. The SMILES string of the molecule is N#CC1CNC(C(=O)NCC[C@H](O)CO)C1. The molecule has 1 rings (SSSR count). The van der Waals surface area contributed by atoms with Gasteiger partial charge >= 0.3 is 0 Å². The third kappa shape index (κ3) is 3.77. The molecular formula is C10H17N3O3. The van der Waals surface area contributed by atoms with E-state index in [1.165, 1.54) is 0 Å². The maximum atomic E-state index is 11.5. The van der Waals surface area contributed by atoms with Crippen LogP contribution in [0, 0.1) is 17.2 Å². The van der Waals surface area contributed by atoms with Crippen molar-refractivity contribution in [1.82, 2.24) is 10.6 Å². The zero-order valence-corrected chi connectivity index (χ0v) is 9.02. The number of aliphatic hydroxyl groups excluding tert-OH is 2. The topological polar surface area (TPSA) is 105 Å². The van der Waals surface area contributed by atoms with Gasteiger partial charge < -0.3 is 20.8 Å². The lowest BCUT2D eigenvalue weighted by molar-refractivity contribution is -0.122. The molecule has 1 amide bonds. The van der Waals surface area contributed by atoms with E-state index >= 15 is 0 Å². The van der Waals surface area contributed by atoms with Crippen LogP contribution in [-0.4, -0.2) is 48.0 Å². The summed E-state index contributed by atoms with van der Waals surface area (Å²) in [5.74, 6) is -0.248. The van der Waals surface area contributed by atoms with Crippen LogP contribution in [0.1, 0.15) is 12.8 Å². The Morgan fingerprint density at radius 2 is 2.44 bits per heavy atom. The van der Waals surface area contributed by atoms with Crippen LogP contribution in [0.3, 0.4) is 0 Å². The molecular weight excluding hydrogens is 210 g/mol. The quantitative estimate of drug-likeness (QED) is 0.450. The number of aliphatic hydroxyl groups is 2. The van der Waals surface area contributed by atoms with Crippen LogP contribution in [-0.2, 0) is 4.79 Å². The number of nitriles is 1. The first kappa shape index (κ1) is 12.9. The van der Waals surface area contributed by atoms with Gasteiger partial charge in [-0.05, 0) is 12.8 Å². The number of hydrogen-bond acceptors (Lipinski definition) is 5.